The molecular weight excluding hydrogens is 977 g/mol. The second-order valence-corrected chi connectivity index (χ2v) is 19.5. The Balaban J connectivity index is 1.07. The normalized spacial score (nSPS) is 11.7. The third kappa shape index (κ3) is 9.02. The number of benzene rings is 10. The molecule has 10 aromatic carbocycles. The molecule has 1 aliphatic heterocycles. The minimum Gasteiger partial charge on any atom is -0.306 e. The third-order valence-electron chi connectivity index (χ3n) is 14.5. The highest BCUT2D eigenvalue weighted by Gasteiger charge is 2.35. The van der Waals surface area contributed by atoms with E-state index in [9.17, 15) is 0 Å². The average molecular weight is 1030 g/mol. The zero-order valence-electron chi connectivity index (χ0n) is 43.3. The molecule has 376 valence electrons. The average Bonchev–Trinajstić information content (AvgIpc) is 3.74. The first kappa shape index (κ1) is 47.5. The molecule has 13 aromatic rings. The summed E-state index contributed by atoms with van der Waals surface area (Å²) in [5.41, 5.74) is 17.9. The van der Waals surface area contributed by atoms with E-state index in [1.54, 1.807) is 0 Å². The highest BCUT2D eigenvalue weighted by atomic mass is 15.3. The Morgan fingerprint density at radius 3 is 0.912 bits per heavy atom. The molecule has 0 spiro atoms. The molecule has 0 bridgehead atoms. The fourth-order valence-electron chi connectivity index (χ4n) is 10.7. The fraction of sp³-hybridized carbons (Fsp3) is 0. The van der Waals surface area contributed by atoms with Crippen LogP contribution in [0.4, 0.5) is 34.3 Å². The van der Waals surface area contributed by atoms with Crippen molar-refractivity contribution in [1.29, 1.82) is 0 Å². The number of aromatic nitrogens is 6. The summed E-state index contributed by atoms with van der Waals surface area (Å²) in [5.74, 6) is 2.46. The van der Waals surface area contributed by atoms with Gasteiger partial charge in [0.1, 0.15) is 5.82 Å². The summed E-state index contributed by atoms with van der Waals surface area (Å²) in [5, 5.41) is 0. The molecular formula is C72H48N8. The number of fused-ring (bicyclic) bond motifs is 2. The van der Waals surface area contributed by atoms with Crippen molar-refractivity contribution < 1.29 is 0 Å². The van der Waals surface area contributed by atoms with E-state index in [1.165, 1.54) is 0 Å². The summed E-state index contributed by atoms with van der Waals surface area (Å²) >= 11 is 0. The van der Waals surface area contributed by atoms with Crippen LogP contribution in [-0.2, 0) is 0 Å². The molecule has 0 saturated heterocycles. The first-order valence-electron chi connectivity index (χ1n) is 26.7. The number of anilines is 6. The van der Waals surface area contributed by atoms with Crippen LogP contribution in [0.25, 0.3) is 102 Å². The Bertz CT molecular complexity index is 4120. The van der Waals surface area contributed by atoms with Gasteiger partial charge in [-0.25, -0.2) is 29.9 Å². The number of hydrogen-bond acceptors (Lipinski definition) is 8. The lowest BCUT2D eigenvalue weighted by atomic mass is 9.90. The van der Waals surface area contributed by atoms with Crippen molar-refractivity contribution in [2.45, 2.75) is 0 Å². The lowest BCUT2D eigenvalue weighted by molar-refractivity contribution is 1.09. The molecule has 3 aromatic heterocycles. The molecule has 1 aliphatic rings. The van der Waals surface area contributed by atoms with Crippen molar-refractivity contribution in [3.05, 3.63) is 291 Å². The maximum Gasteiger partial charge on any atom is 0.163 e. The van der Waals surface area contributed by atoms with Crippen LogP contribution >= 0.6 is 0 Å². The molecule has 0 atom stereocenters. The van der Waals surface area contributed by atoms with Gasteiger partial charge in [-0.1, -0.05) is 237 Å². The van der Waals surface area contributed by atoms with E-state index in [0.29, 0.717) is 17.5 Å². The van der Waals surface area contributed by atoms with Gasteiger partial charge in [0.25, 0.3) is 0 Å². The third-order valence-corrected chi connectivity index (χ3v) is 14.5. The summed E-state index contributed by atoms with van der Waals surface area (Å²) in [7, 11) is 0. The minimum absolute atomic E-state index is 0.539. The van der Waals surface area contributed by atoms with Crippen molar-refractivity contribution in [2.75, 3.05) is 9.80 Å². The summed E-state index contributed by atoms with van der Waals surface area (Å²) in [4.78, 5) is 37.5. The summed E-state index contributed by atoms with van der Waals surface area (Å²) in [6.45, 7) is 0. The fourth-order valence-corrected chi connectivity index (χ4v) is 10.7. The van der Waals surface area contributed by atoms with Crippen LogP contribution < -0.4 is 9.80 Å². The van der Waals surface area contributed by atoms with E-state index in [0.717, 1.165) is 118 Å². The van der Waals surface area contributed by atoms with Crippen LogP contribution in [0.3, 0.4) is 0 Å². The van der Waals surface area contributed by atoms with Crippen molar-refractivity contribution in [1.82, 2.24) is 29.9 Å². The maximum absolute atomic E-state index is 5.65. The molecule has 0 radical (unpaired) electrons. The van der Waals surface area contributed by atoms with Gasteiger partial charge in [-0.2, -0.15) is 0 Å². The van der Waals surface area contributed by atoms with Crippen LogP contribution in [0.1, 0.15) is 0 Å². The van der Waals surface area contributed by atoms with E-state index in [-0.39, 0.29) is 0 Å². The second-order valence-electron chi connectivity index (χ2n) is 19.5. The molecule has 0 aliphatic carbocycles. The van der Waals surface area contributed by atoms with Crippen molar-refractivity contribution in [2.24, 2.45) is 0 Å². The Labute approximate surface area is 464 Å². The van der Waals surface area contributed by atoms with Crippen LogP contribution in [0.2, 0.25) is 0 Å². The van der Waals surface area contributed by atoms with Crippen LogP contribution in [-0.4, -0.2) is 29.9 Å². The van der Waals surface area contributed by atoms with E-state index >= 15 is 0 Å². The summed E-state index contributed by atoms with van der Waals surface area (Å²) in [6, 6.07) is 100. The smallest absolute Gasteiger partial charge is 0.163 e. The molecule has 0 amide bonds. The van der Waals surface area contributed by atoms with Crippen LogP contribution in [0.5, 0.6) is 0 Å². The molecule has 8 nitrogen and oxygen atoms in total. The Morgan fingerprint density at radius 2 is 0.512 bits per heavy atom. The van der Waals surface area contributed by atoms with Gasteiger partial charge in [0.2, 0.25) is 0 Å². The van der Waals surface area contributed by atoms with Crippen LogP contribution in [0.15, 0.2) is 291 Å². The van der Waals surface area contributed by atoms with Gasteiger partial charge < -0.3 is 4.90 Å². The summed E-state index contributed by atoms with van der Waals surface area (Å²) < 4.78 is 0. The highest BCUT2D eigenvalue weighted by Crippen LogP contribution is 2.57. The van der Waals surface area contributed by atoms with Gasteiger partial charge in [-0.05, 0) is 54.1 Å². The monoisotopic (exact) mass is 1020 g/mol. The zero-order chi connectivity index (χ0) is 53.2. The second kappa shape index (κ2) is 20.9. The van der Waals surface area contributed by atoms with Crippen molar-refractivity contribution in [3.8, 4) is 102 Å². The zero-order valence-corrected chi connectivity index (χ0v) is 43.3. The molecule has 80 heavy (non-hydrogen) atoms. The molecule has 4 heterocycles. The van der Waals surface area contributed by atoms with Crippen molar-refractivity contribution in [3.63, 3.8) is 0 Å². The summed E-state index contributed by atoms with van der Waals surface area (Å²) in [6.07, 6.45) is 0. The van der Waals surface area contributed by atoms with Gasteiger partial charge in [0.15, 0.2) is 17.5 Å². The first-order valence-corrected chi connectivity index (χ1v) is 26.7. The SMILES string of the molecule is c1ccc(-c2cc(N3c4ccccc4N(c4ccc(-c5nc(-c6ccccc6)cc(-c6ccccc6)n5)c(-c5ccccc5)c4-c4nc(-c5ccccc5)cc(-c5ccccc5)n4)c4ccccc43)nc(-c3ccccc3)n2)cc1. The minimum atomic E-state index is 0.539. The molecule has 0 saturated carbocycles. The predicted molar refractivity (Wildman–Crippen MR) is 325 cm³/mol. The first-order chi connectivity index (χ1) is 39.7. The quantitative estimate of drug-likeness (QED) is 0.127. The molecule has 0 N–H and O–H groups in total. The number of rotatable bonds is 11. The molecule has 0 unspecified atom stereocenters. The molecule has 14 rings (SSSR count). The van der Waals surface area contributed by atoms with Crippen LogP contribution in [0, 0.1) is 0 Å². The lowest BCUT2D eigenvalue weighted by Crippen LogP contribution is -2.25. The van der Waals surface area contributed by atoms with Gasteiger partial charge in [0, 0.05) is 50.6 Å². The van der Waals surface area contributed by atoms with E-state index < -0.39 is 0 Å². The standard InChI is InChI=1S/C72H48N8/c1-8-26-49(27-9-1)57-46-58(50-28-10-2-11-29-50)75-71(74-57)56-44-45-66(69(68(56)54-36-18-6-19-37-54)72-76-59(51-30-12-3-13-31-51)47-60(77-72)52-32-14-4-15-33-52)79-62-40-22-24-42-64(62)80(65-43-25-23-41-63(65)79)67-48-61(53-34-16-5-17-35-53)73-70(78-67)55-38-20-7-21-39-55/h1-48H. The Kier molecular flexibility index (Phi) is 12.4. The lowest BCUT2D eigenvalue weighted by Gasteiger charge is -2.40. The van der Waals surface area contributed by atoms with Gasteiger partial charge in [-0.3, -0.25) is 4.90 Å². The van der Waals surface area contributed by atoms with E-state index in [1.807, 2.05) is 84.9 Å². The van der Waals surface area contributed by atoms with Crippen molar-refractivity contribution >= 4 is 34.3 Å². The topological polar surface area (TPSA) is 83.8 Å². The highest BCUT2D eigenvalue weighted by molar-refractivity contribution is 6.07. The Hall–Kier alpha value is -11.0. The Morgan fingerprint density at radius 1 is 0.200 bits per heavy atom. The van der Waals surface area contributed by atoms with E-state index in [4.69, 9.17) is 29.9 Å². The van der Waals surface area contributed by atoms with Gasteiger partial charge in [-0.15, -0.1) is 0 Å². The number of hydrogen-bond donors (Lipinski definition) is 0. The van der Waals surface area contributed by atoms with E-state index in [2.05, 4.69) is 216 Å². The molecule has 8 heteroatoms. The van der Waals surface area contributed by atoms with Gasteiger partial charge >= 0.3 is 0 Å². The number of nitrogens with zero attached hydrogens (tertiary/aromatic N) is 8. The molecule has 0 fully saturated rings. The van der Waals surface area contributed by atoms with Gasteiger partial charge in [0.05, 0.1) is 62.5 Å². The maximum atomic E-state index is 5.65. The number of para-hydroxylation sites is 4. The largest absolute Gasteiger partial charge is 0.306 e. The predicted octanol–water partition coefficient (Wildman–Crippen LogP) is 18.3.